The fourth-order valence-electron chi connectivity index (χ4n) is 0.906. The molecule has 4 N–H and O–H groups in total. The molecule has 104 valence electrons. The van der Waals surface area contributed by atoms with Gasteiger partial charge in [0.2, 0.25) is 0 Å². The molecule has 6 nitrogen and oxygen atoms in total. The molecule has 0 aliphatic heterocycles. The first kappa shape index (κ1) is 16.9. The molecule has 2 aromatic rings. The maximum absolute atomic E-state index is 8.52. The average molecular weight is 282 g/mol. The van der Waals surface area contributed by atoms with Gasteiger partial charge in [0.1, 0.15) is 0 Å². The van der Waals surface area contributed by atoms with Gasteiger partial charge in [-0.2, -0.15) is 0 Å². The van der Waals surface area contributed by atoms with E-state index in [9.17, 15) is 0 Å². The van der Waals surface area contributed by atoms with Crippen LogP contribution in [0.15, 0.2) is 60.7 Å². The summed E-state index contributed by atoms with van der Waals surface area (Å²) in [5, 5.41) is 0. The molecular formula is C12H14N2O4S-2. The lowest BCUT2D eigenvalue weighted by Gasteiger charge is -2.06. The predicted octanol–water partition coefficient (Wildman–Crippen LogP) is 1.20. The fourth-order valence-corrected chi connectivity index (χ4v) is 0.906. The second-order valence-corrected chi connectivity index (χ2v) is 4.05. The van der Waals surface area contributed by atoms with Crippen LogP contribution in [0, 0.1) is 0 Å². The van der Waals surface area contributed by atoms with E-state index < -0.39 is 10.4 Å². The summed E-state index contributed by atoms with van der Waals surface area (Å²) in [5.74, 6) is 0. The molecule has 0 aliphatic carbocycles. The number of benzene rings is 2. The van der Waals surface area contributed by atoms with Crippen molar-refractivity contribution < 1.29 is 17.5 Å². The minimum atomic E-state index is -5.17. The van der Waals surface area contributed by atoms with Gasteiger partial charge in [-0.1, -0.05) is 36.4 Å². The summed E-state index contributed by atoms with van der Waals surface area (Å²) in [6.45, 7) is 0. The van der Waals surface area contributed by atoms with Crippen molar-refractivity contribution in [3.63, 3.8) is 0 Å². The number of rotatable bonds is 0. The average Bonchev–Trinajstić information content (AvgIpc) is 2.29. The summed E-state index contributed by atoms with van der Waals surface area (Å²) in [7, 11) is -5.17. The van der Waals surface area contributed by atoms with Crippen molar-refractivity contribution in [2.24, 2.45) is 0 Å². The quantitative estimate of drug-likeness (QED) is 0.424. The van der Waals surface area contributed by atoms with Crippen molar-refractivity contribution in [1.29, 1.82) is 0 Å². The molecule has 2 aromatic carbocycles. The van der Waals surface area contributed by atoms with Gasteiger partial charge in [0.15, 0.2) is 0 Å². The Morgan fingerprint density at radius 1 is 0.684 bits per heavy atom. The van der Waals surface area contributed by atoms with Crippen LogP contribution in [0.3, 0.4) is 0 Å². The maximum atomic E-state index is 8.52. The van der Waals surface area contributed by atoms with Crippen molar-refractivity contribution in [3.8, 4) is 0 Å². The third-order valence-corrected chi connectivity index (χ3v) is 1.60. The van der Waals surface area contributed by atoms with Gasteiger partial charge < -0.3 is 20.6 Å². The molecule has 2 rings (SSSR count). The van der Waals surface area contributed by atoms with E-state index in [1.165, 1.54) is 0 Å². The van der Waals surface area contributed by atoms with Crippen LogP contribution in [0.2, 0.25) is 0 Å². The Balaban J connectivity index is 0.000000261. The van der Waals surface area contributed by atoms with E-state index in [-0.39, 0.29) is 0 Å². The maximum Gasteiger partial charge on any atom is 0.0313 e. The molecule has 7 heteroatoms. The summed E-state index contributed by atoms with van der Waals surface area (Å²) < 4.78 is 34.1. The summed E-state index contributed by atoms with van der Waals surface area (Å²) in [6, 6.07) is 19.0. The monoisotopic (exact) mass is 282 g/mol. The van der Waals surface area contributed by atoms with E-state index in [2.05, 4.69) is 0 Å². The van der Waals surface area contributed by atoms with Gasteiger partial charge in [-0.15, -0.1) is 0 Å². The minimum Gasteiger partial charge on any atom is -0.759 e. The molecule has 0 fully saturated rings. The molecule has 0 unspecified atom stereocenters. The largest absolute Gasteiger partial charge is 0.759 e. The Bertz CT molecular complexity index is 499. The van der Waals surface area contributed by atoms with Gasteiger partial charge in [-0.25, -0.2) is 0 Å². The van der Waals surface area contributed by atoms with Crippen LogP contribution in [-0.4, -0.2) is 17.5 Å². The standard InChI is InChI=1S/2C6H7N.H2O4S/c2*7-6-4-2-1-3-5-6;1-5(2,3)4/h2*1-5H,7H2;(H2,1,2,3,4)/p-2. The van der Waals surface area contributed by atoms with Crippen LogP contribution >= 0.6 is 0 Å². The van der Waals surface area contributed by atoms with Crippen LogP contribution in [0.5, 0.6) is 0 Å². The van der Waals surface area contributed by atoms with Gasteiger partial charge in [-0.3, -0.25) is 8.42 Å². The number of hydrogen-bond donors (Lipinski definition) is 2. The van der Waals surface area contributed by atoms with Crippen LogP contribution in [-0.2, 0) is 10.4 Å². The highest BCUT2D eigenvalue weighted by Crippen LogP contribution is 1.96. The molecule has 0 saturated carbocycles. The molecular weight excluding hydrogens is 268 g/mol. The number of nitrogen functional groups attached to an aromatic ring is 2. The van der Waals surface area contributed by atoms with Gasteiger partial charge in [0.25, 0.3) is 0 Å². The molecule has 0 radical (unpaired) electrons. The number of hydrogen-bond acceptors (Lipinski definition) is 6. The lowest BCUT2D eigenvalue weighted by molar-refractivity contribution is 0.352. The van der Waals surface area contributed by atoms with Crippen LogP contribution in [0.4, 0.5) is 11.4 Å². The minimum absolute atomic E-state index is 0.822. The first-order chi connectivity index (χ1) is 8.79. The second kappa shape index (κ2) is 8.92. The van der Waals surface area contributed by atoms with Gasteiger partial charge in [-0.05, 0) is 24.3 Å². The van der Waals surface area contributed by atoms with Crippen molar-refractivity contribution in [1.82, 2.24) is 0 Å². The van der Waals surface area contributed by atoms with E-state index in [0.717, 1.165) is 11.4 Å². The van der Waals surface area contributed by atoms with E-state index in [0.29, 0.717) is 0 Å². The highest BCUT2D eigenvalue weighted by molar-refractivity contribution is 7.79. The first-order valence-electron chi connectivity index (χ1n) is 5.07. The number of nitrogens with two attached hydrogens (primary N) is 2. The Hall–Kier alpha value is -2.09. The summed E-state index contributed by atoms with van der Waals surface area (Å²) in [4.78, 5) is 0. The highest BCUT2D eigenvalue weighted by atomic mass is 32.3. The Morgan fingerprint density at radius 3 is 1.00 bits per heavy atom. The van der Waals surface area contributed by atoms with Gasteiger partial charge >= 0.3 is 0 Å². The zero-order valence-corrected chi connectivity index (χ0v) is 10.8. The highest BCUT2D eigenvalue weighted by Gasteiger charge is 1.72. The summed E-state index contributed by atoms with van der Waals surface area (Å²) in [6.07, 6.45) is 0. The normalized spacial score (nSPS) is 9.37. The smallest absolute Gasteiger partial charge is 0.0313 e. The van der Waals surface area contributed by atoms with Gasteiger partial charge in [0.05, 0.1) is 0 Å². The molecule has 0 aromatic heterocycles. The zero-order valence-electron chi connectivity index (χ0n) is 9.97. The topological polar surface area (TPSA) is 132 Å². The van der Waals surface area contributed by atoms with Crippen molar-refractivity contribution >= 4 is 21.8 Å². The molecule has 0 spiro atoms. The lowest BCUT2D eigenvalue weighted by atomic mass is 10.3. The lowest BCUT2D eigenvalue weighted by Crippen LogP contribution is -1.91. The third-order valence-electron chi connectivity index (χ3n) is 1.60. The Kier molecular flexibility index (Phi) is 7.94. The van der Waals surface area contributed by atoms with Gasteiger partial charge in [0, 0.05) is 21.8 Å². The number of anilines is 2. The van der Waals surface area contributed by atoms with Crippen LogP contribution < -0.4 is 11.5 Å². The molecule has 0 amide bonds. The Morgan fingerprint density at radius 2 is 0.895 bits per heavy atom. The first-order valence-corrected chi connectivity index (χ1v) is 6.40. The van der Waals surface area contributed by atoms with Crippen LogP contribution in [0.1, 0.15) is 0 Å². The van der Waals surface area contributed by atoms with E-state index >= 15 is 0 Å². The Labute approximate surface area is 112 Å². The summed E-state index contributed by atoms with van der Waals surface area (Å²) >= 11 is 0. The van der Waals surface area contributed by atoms with Crippen molar-refractivity contribution in [2.75, 3.05) is 11.5 Å². The predicted molar refractivity (Wildman–Crippen MR) is 72.2 cm³/mol. The molecule has 0 atom stereocenters. The molecule has 0 aliphatic rings. The van der Waals surface area contributed by atoms with Crippen LogP contribution in [0.25, 0.3) is 0 Å². The number of para-hydroxylation sites is 2. The third kappa shape index (κ3) is 15.9. The fraction of sp³-hybridized carbons (Fsp3) is 0. The van der Waals surface area contributed by atoms with Crippen molar-refractivity contribution in [3.05, 3.63) is 60.7 Å². The molecule has 0 bridgehead atoms. The van der Waals surface area contributed by atoms with E-state index in [4.69, 9.17) is 29.0 Å². The zero-order chi connectivity index (χ0) is 14.7. The second-order valence-electron chi connectivity index (χ2n) is 3.23. The SMILES string of the molecule is Nc1ccccc1.Nc1ccccc1.O=S(=O)([O-])[O-]. The van der Waals surface area contributed by atoms with E-state index in [1.807, 2.05) is 60.7 Å². The molecule has 19 heavy (non-hydrogen) atoms. The molecule has 0 heterocycles. The van der Waals surface area contributed by atoms with Crippen molar-refractivity contribution in [2.45, 2.75) is 0 Å². The molecule has 0 saturated heterocycles. The summed E-state index contributed by atoms with van der Waals surface area (Å²) in [5.41, 5.74) is 12.4. The van der Waals surface area contributed by atoms with E-state index in [1.54, 1.807) is 0 Å².